The summed E-state index contributed by atoms with van der Waals surface area (Å²) in [4.78, 5) is 24.0. The highest BCUT2D eigenvalue weighted by Crippen LogP contribution is 2.42. The van der Waals surface area contributed by atoms with E-state index >= 15 is 0 Å². The number of rotatable bonds is 5. The fourth-order valence-corrected chi connectivity index (χ4v) is 7.22. The molecule has 1 spiro atoms. The Morgan fingerprint density at radius 2 is 1.74 bits per heavy atom. The van der Waals surface area contributed by atoms with Gasteiger partial charge in [0.2, 0.25) is 10.0 Å². The minimum Gasteiger partial charge on any atom is -0.397 e. The Bertz CT molecular complexity index is 1620. The predicted octanol–water partition coefficient (Wildman–Crippen LogP) is 3.76. The molecular weight excluding hydrogens is 500 g/mol. The quantitative estimate of drug-likeness (QED) is 0.378. The maximum atomic E-state index is 13.6. The van der Waals surface area contributed by atoms with Gasteiger partial charge in [0.1, 0.15) is 10.7 Å². The van der Waals surface area contributed by atoms with Crippen LogP contribution in [0.2, 0.25) is 0 Å². The van der Waals surface area contributed by atoms with E-state index in [4.69, 9.17) is 5.73 Å². The molecular formula is C28H28N6O3S. The van der Waals surface area contributed by atoms with Crippen molar-refractivity contribution in [1.29, 1.82) is 0 Å². The number of hydrogen-bond donors (Lipinski definition) is 2. The molecule has 4 heterocycles. The Balaban J connectivity index is 1.14. The molecule has 2 aliphatic rings. The first kappa shape index (κ1) is 24.3. The molecule has 38 heavy (non-hydrogen) atoms. The second kappa shape index (κ2) is 9.38. The van der Waals surface area contributed by atoms with Crippen LogP contribution in [-0.4, -0.2) is 54.8 Å². The number of nitrogen functional groups attached to an aromatic ring is 1. The van der Waals surface area contributed by atoms with Gasteiger partial charge in [-0.3, -0.25) is 9.78 Å². The van der Waals surface area contributed by atoms with Crippen LogP contribution >= 0.6 is 0 Å². The molecule has 1 amide bonds. The summed E-state index contributed by atoms with van der Waals surface area (Å²) >= 11 is 0. The fraction of sp³-hybridized carbons (Fsp3) is 0.250. The second-order valence-corrected chi connectivity index (χ2v) is 11.9. The van der Waals surface area contributed by atoms with Crippen LogP contribution in [0.25, 0.3) is 10.9 Å². The highest BCUT2D eigenvalue weighted by Gasteiger charge is 2.47. The molecule has 0 bridgehead atoms. The summed E-state index contributed by atoms with van der Waals surface area (Å²) in [5, 5.41) is 3.62. The van der Waals surface area contributed by atoms with Crippen LogP contribution in [-0.2, 0) is 10.0 Å². The first-order valence-corrected chi connectivity index (χ1v) is 14.0. The molecule has 6 rings (SSSR count). The Kier molecular flexibility index (Phi) is 6.00. The largest absolute Gasteiger partial charge is 0.397 e. The van der Waals surface area contributed by atoms with Crippen molar-refractivity contribution in [2.75, 3.05) is 42.1 Å². The molecule has 2 aromatic carbocycles. The summed E-state index contributed by atoms with van der Waals surface area (Å²) in [5.41, 5.74) is 7.79. The normalized spacial score (nSPS) is 19.8. The van der Waals surface area contributed by atoms with E-state index in [0.29, 0.717) is 42.1 Å². The molecule has 1 unspecified atom stereocenters. The van der Waals surface area contributed by atoms with Crippen LogP contribution in [0, 0.1) is 5.41 Å². The van der Waals surface area contributed by atoms with Crippen molar-refractivity contribution < 1.29 is 13.2 Å². The minimum atomic E-state index is -3.67. The van der Waals surface area contributed by atoms with Crippen molar-refractivity contribution >= 4 is 44.0 Å². The second-order valence-electron chi connectivity index (χ2n) is 10.0. The Hall–Kier alpha value is -4.02. The summed E-state index contributed by atoms with van der Waals surface area (Å²) < 4.78 is 28.8. The number of nitrogens with two attached hydrogens (primary N) is 1. The number of pyridine rings is 2. The number of nitrogens with one attached hydrogen (secondary N) is 1. The topological polar surface area (TPSA) is 122 Å². The summed E-state index contributed by atoms with van der Waals surface area (Å²) in [5.74, 6) is 0.497. The molecule has 194 valence electrons. The number of amides is 1. The zero-order valence-corrected chi connectivity index (χ0v) is 21.6. The number of para-hydroxylation sites is 3. The van der Waals surface area contributed by atoms with E-state index in [1.54, 1.807) is 47.0 Å². The Labute approximate surface area is 221 Å². The molecule has 3 N–H and O–H groups in total. The highest BCUT2D eigenvalue weighted by atomic mass is 32.2. The fourth-order valence-electron chi connectivity index (χ4n) is 5.50. The molecule has 0 aliphatic carbocycles. The number of anilines is 3. The van der Waals surface area contributed by atoms with Crippen LogP contribution in [0.1, 0.15) is 23.2 Å². The standard InChI is InChI=1S/C28H28N6O3S/c29-22-7-1-2-8-23(22)32-27(35)21-10-11-25(31-17-21)33-15-12-28(18-33)13-16-34(19-28)38(36,37)24-9-3-5-20-6-4-14-30-26(20)24/h1-11,14,17H,12-13,15-16,18-19,29H2,(H,32,35). The van der Waals surface area contributed by atoms with Crippen LogP contribution in [0.5, 0.6) is 0 Å². The first-order chi connectivity index (χ1) is 18.3. The molecule has 2 aliphatic heterocycles. The SMILES string of the molecule is Nc1ccccc1NC(=O)c1ccc(N2CCC3(CCN(S(=O)(=O)c4cccc5cccnc45)C3)C2)nc1. The van der Waals surface area contributed by atoms with Crippen LogP contribution in [0.4, 0.5) is 17.2 Å². The van der Waals surface area contributed by atoms with Crippen molar-refractivity contribution in [2.24, 2.45) is 5.41 Å². The van der Waals surface area contributed by atoms with Crippen molar-refractivity contribution in [3.8, 4) is 0 Å². The number of aromatic nitrogens is 2. The van der Waals surface area contributed by atoms with Gasteiger partial charge in [-0.15, -0.1) is 0 Å². The van der Waals surface area contributed by atoms with Crippen molar-refractivity contribution in [1.82, 2.24) is 14.3 Å². The average molecular weight is 529 g/mol. The maximum Gasteiger partial charge on any atom is 0.257 e. The molecule has 0 radical (unpaired) electrons. The minimum absolute atomic E-state index is 0.131. The van der Waals surface area contributed by atoms with Crippen LogP contribution < -0.4 is 16.0 Å². The van der Waals surface area contributed by atoms with Gasteiger partial charge in [0, 0.05) is 49.4 Å². The van der Waals surface area contributed by atoms with Gasteiger partial charge in [-0.25, -0.2) is 13.4 Å². The number of nitrogens with zero attached hydrogens (tertiary/aromatic N) is 4. The molecule has 0 saturated carbocycles. The van der Waals surface area contributed by atoms with Crippen molar-refractivity contribution in [2.45, 2.75) is 17.7 Å². The van der Waals surface area contributed by atoms with Crippen molar-refractivity contribution in [3.63, 3.8) is 0 Å². The lowest BCUT2D eigenvalue weighted by Gasteiger charge is -2.25. The monoisotopic (exact) mass is 528 g/mol. The van der Waals surface area contributed by atoms with Gasteiger partial charge in [-0.2, -0.15) is 4.31 Å². The summed E-state index contributed by atoms with van der Waals surface area (Å²) in [6, 6.07) is 19.7. The molecule has 2 aromatic heterocycles. The maximum absolute atomic E-state index is 13.6. The molecule has 2 fully saturated rings. The zero-order valence-electron chi connectivity index (χ0n) is 20.7. The number of hydrogen-bond acceptors (Lipinski definition) is 7. The van der Waals surface area contributed by atoms with Gasteiger partial charge in [-0.1, -0.05) is 30.3 Å². The molecule has 2 saturated heterocycles. The van der Waals surface area contributed by atoms with E-state index in [2.05, 4.69) is 20.2 Å². The summed E-state index contributed by atoms with van der Waals surface area (Å²) in [6.45, 7) is 2.44. The van der Waals surface area contributed by atoms with Gasteiger partial charge in [-0.05, 0) is 49.2 Å². The number of sulfonamides is 1. The van der Waals surface area contributed by atoms with E-state index in [1.807, 2.05) is 36.4 Å². The van der Waals surface area contributed by atoms with E-state index in [9.17, 15) is 13.2 Å². The average Bonchev–Trinajstić information content (AvgIpc) is 3.57. The van der Waals surface area contributed by atoms with Crippen molar-refractivity contribution in [3.05, 3.63) is 84.7 Å². The molecule has 1 atom stereocenters. The molecule has 4 aromatic rings. The van der Waals surface area contributed by atoms with Gasteiger partial charge in [0.05, 0.1) is 22.5 Å². The van der Waals surface area contributed by atoms with E-state index < -0.39 is 10.0 Å². The van der Waals surface area contributed by atoms with Crippen LogP contribution in [0.3, 0.4) is 0 Å². The number of carbonyl (C=O) groups excluding carboxylic acids is 1. The summed E-state index contributed by atoms with van der Waals surface area (Å²) in [7, 11) is -3.67. The third-order valence-corrected chi connectivity index (χ3v) is 9.47. The van der Waals surface area contributed by atoms with Gasteiger partial charge >= 0.3 is 0 Å². The lowest BCUT2D eigenvalue weighted by Crippen LogP contribution is -2.34. The smallest absolute Gasteiger partial charge is 0.257 e. The van der Waals surface area contributed by atoms with E-state index in [-0.39, 0.29) is 16.2 Å². The number of fused-ring (bicyclic) bond motifs is 1. The Morgan fingerprint density at radius 1 is 0.921 bits per heavy atom. The summed E-state index contributed by atoms with van der Waals surface area (Å²) in [6.07, 6.45) is 4.86. The van der Waals surface area contributed by atoms with E-state index in [1.165, 1.54) is 0 Å². The number of benzene rings is 2. The highest BCUT2D eigenvalue weighted by molar-refractivity contribution is 7.89. The molecule has 9 nitrogen and oxygen atoms in total. The third-order valence-electron chi connectivity index (χ3n) is 7.60. The van der Waals surface area contributed by atoms with Gasteiger partial charge in [0.25, 0.3) is 5.91 Å². The molecule has 10 heteroatoms. The first-order valence-electron chi connectivity index (χ1n) is 12.6. The van der Waals surface area contributed by atoms with Gasteiger partial charge < -0.3 is 16.0 Å². The lowest BCUT2D eigenvalue weighted by atomic mass is 9.87. The lowest BCUT2D eigenvalue weighted by molar-refractivity contribution is 0.102. The van der Waals surface area contributed by atoms with Gasteiger partial charge in [0.15, 0.2) is 0 Å². The third kappa shape index (κ3) is 4.35. The number of carbonyl (C=O) groups is 1. The predicted molar refractivity (Wildman–Crippen MR) is 147 cm³/mol. The zero-order chi connectivity index (χ0) is 26.3. The Morgan fingerprint density at radius 3 is 2.55 bits per heavy atom. The van der Waals surface area contributed by atoms with E-state index in [0.717, 1.165) is 30.6 Å². The van der Waals surface area contributed by atoms with Crippen LogP contribution in [0.15, 0.2) is 84.0 Å².